The van der Waals surface area contributed by atoms with Crippen LogP contribution in [0.3, 0.4) is 0 Å². The molecule has 0 saturated carbocycles. The number of rotatable bonds is 4. The summed E-state index contributed by atoms with van der Waals surface area (Å²) in [6.45, 7) is 3.06. The van der Waals surface area contributed by atoms with Gasteiger partial charge >= 0.3 is 0 Å². The van der Waals surface area contributed by atoms with Crippen LogP contribution < -0.4 is 4.74 Å². The molecule has 1 heterocycles. The summed E-state index contributed by atoms with van der Waals surface area (Å²) in [6.07, 6.45) is 3.14. The summed E-state index contributed by atoms with van der Waals surface area (Å²) in [7, 11) is 1.71. The van der Waals surface area contributed by atoms with E-state index in [0.29, 0.717) is 5.88 Å². The second kappa shape index (κ2) is 4.79. The summed E-state index contributed by atoms with van der Waals surface area (Å²) < 4.78 is 7.64. The average molecular weight is 238 g/mol. The van der Waals surface area contributed by atoms with Crippen LogP contribution in [-0.4, -0.2) is 17.6 Å². The van der Waals surface area contributed by atoms with Crippen molar-refractivity contribution in [3.63, 3.8) is 0 Å². The Kier molecular flexibility index (Phi) is 3.39. The molecule has 0 aliphatic carbocycles. The molecule has 86 valence electrons. The van der Waals surface area contributed by atoms with E-state index in [9.17, 15) is 0 Å². The van der Waals surface area contributed by atoms with Gasteiger partial charge in [-0.15, -0.1) is 11.6 Å². The molecular weight excluding hydrogens is 222 g/mol. The van der Waals surface area contributed by atoms with Crippen molar-refractivity contribution in [2.24, 2.45) is 0 Å². The quantitative estimate of drug-likeness (QED) is 0.742. The maximum Gasteiger partial charge on any atom is 0.143 e. The third-order valence-electron chi connectivity index (χ3n) is 2.81. The van der Waals surface area contributed by atoms with Gasteiger partial charge in [0.15, 0.2) is 0 Å². The fraction of sp³-hybridized carbons (Fsp3) is 0.385. The zero-order chi connectivity index (χ0) is 11.5. The smallest absolute Gasteiger partial charge is 0.143 e. The predicted octanol–water partition coefficient (Wildman–Crippen LogP) is 3.59. The van der Waals surface area contributed by atoms with E-state index in [1.54, 1.807) is 7.11 Å². The Morgan fingerprint density at radius 2 is 2.19 bits per heavy atom. The topological polar surface area (TPSA) is 14.2 Å². The molecule has 0 unspecified atom stereocenters. The molecule has 0 N–H and O–H groups in total. The minimum absolute atomic E-state index is 0.688. The Bertz CT molecular complexity index is 490. The first-order valence-electron chi connectivity index (χ1n) is 5.46. The standard InChI is InChI=1S/C13H16ClNO/c1-10-9-15(8-4-7-14)13-11(10)5-3-6-12(13)16-2/h3,5-6,9H,4,7-8H2,1-2H3. The monoisotopic (exact) mass is 237 g/mol. The van der Waals surface area contributed by atoms with Crippen LogP contribution in [0.25, 0.3) is 10.9 Å². The molecule has 16 heavy (non-hydrogen) atoms. The lowest BCUT2D eigenvalue weighted by Gasteiger charge is -2.07. The van der Waals surface area contributed by atoms with E-state index in [0.717, 1.165) is 18.7 Å². The summed E-state index contributed by atoms with van der Waals surface area (Å²) in [5.41, 5.74) is 2.45. The van der Waals surface area contributed by atoms with Crippen LogP contribution >= 0.6 is 11.6 Å². The van der Waals surface area contributed by atoms with Crippen LogP contribution in [0.1, 0.15) is 12.0 Å². The maximum atomic E-state index is 5.74. The number of fused-ring (bicyclic) bond motifs is 1. The highest BCUT2D eigenvalue weighted by Crippen LogP contribution is 2.29. The minimum Gasteiger partial charge on any atom is -0.495 e. The van der Waals surface area contributed by atoms with Gasteiger partial charge in [-0.05, 0) is 25.0 Å². The second-order valence-corrected chi connectivity index (χ2v) is 4.28. The predicted molar refractivity (Wildman–Crippen MR) is 68.6 cm³/mol. The van der Waals surface area contributed by atoms with Crippen LogP contribution in [-0.2, 0) is 6.54 Å². The second-order valence-electron chi connectivity index (χ2n) is 3.90. The lowest BCUT2D eigenvalue weighted by Crippen LogP contribution is -1.98. The first kappa shape index (κ1) is 11.3. The zero-order valence-electron chi connectivity index (χ0n) is 9.66. The van der Waals surface area contributed by atoms with E-state index in [2.05, 4.69) is 23.8 Å². The van der Waals surface area contributed by atoms with Gasteiger partial charge in [-0.25, -0.2) is 0 Å². The molecule has 0 bridgehead atoms. The van der Waals surface area contributed by atoms with E-state index in [1.165, 1.54) is 16.5 Å². The number of hydrogen-bond donors (Lipinski definition) is 0. The van der Waals surface area contributed by atoms with Crippen molar-refractivity contribution in [2.75, 3.05) is 13.0 Å². The Hall–Kier alpha value is -1.15. The van der Waals surface area contributed by atoms with E-state index in [4.69, 9.17) is 16.3 Å². The number of nitrogens with zero attached hydrogens (tertiary/aromatic N) is 1. The SMILES string of the molecule is COc1cccc2c(C)cn(CCCCl)c12. The summed E-state index contributed by atoms with van der Waals surface area (Å²) in [5.74, 6) is 1.62. The molecule has 2 aromatic rings. The molecule has 0 atom stereocenters. The number of hydrogen-bond acceptors (Lipinski definition) is 1. The van der Waals surface area contributed by atoms with Gasteiger partial charge in [-0.3, -0.25) is 0 Å². The van der Waals surface area contributed by atoms with Crippen molar-refractivity contribution in [3.8, 4) is 5.75 Å². The Labute approximate surface area is 101 Å². The van der Waals surface area contributed by atoms with Gasteiger partial charge in [0.2, 0.25) is 0 Å². The fourth-order valence-corrected chi connectivity index (χ4v) is 2.20. The summed E-state index contributed by atoms with van der Waals surface area (Å²) >= 11 is 5.74. The van der Waals surface area contributed by atoms with Gasteiger partial charge < -0.3 is 9.30 Å². The van der Waals surface area contributed by atoms with Gasteiger partial charge in [-0.1, -0.05) is 12.1 Å². The Morgan fingerprint density at radius 3 is 2.88 bits per heavy atom. The van der Waals surface area contributed by atoms with Crippen molar-refractivity contribution >= 4 is 22.5 Å². The van der Waals surface area contributed by atoms with Gasteiger partial charge in [0.05, 0.1) is 12.6 Å². The van der Waals surface area contributed by atoms with Crippen LogP contribution in [0.15, 0.2) is 24.4 Å². The molecule has 1 aromatic heterocycles. The molecule has 0 aliphatic rings. The highest BCUT2D eigenvalue weighted by Gasteiger charge is 2.09. The normalized spacial score (nSPS) is 10.9. The number of aromatic nitrogens is 1. The van der Waals surface area contributed by atoms with Gasteiger partial charge in [-0.2, -0.15) is 0 Å². The molecule has 2 rings (SSSR count). The molecule has 0 radical (unpaired) electrons. The third kappa shape index (κ3) is 1.90. The zero-order valence-corrected chi connectivity index (χ0v) is 10.4. The van der Waals surface area contributed by atoms with E-state index in [-0.39, 0.29) is 0 Å². The summed E-state index contributed by atoms with van der Waals surface area (Å²) in [6, 6.07) is 6.16. The summed E-state index contributed by atoms with van der Waals surface area (Å²) in [4.78, 5) is 0. The highest BCUT2D eigenvalue weighted by molar-refractivity contribution is 6.17. The molecule has 0 aliphatic heterocycles. The number of alkyl halides is 1. The van der Waals surface area contributed by atoms with Gasteiger partial charge in [0.25, 0.3) is 0 Å². The van der Waals surface area contributed by atoms with E-state index in [1.807, 2.05) is 12.1 Å². The lowest BCUT2D eigenvalue weighted by molar-refractivity contribution is 0.417. The van der Waals surface area contributed by atoms with E-state index < -0.39 is 0 Å². The van der Waals surface area contributed by atoms with Crippen molar-refractivity contribution in [1.82, 2.24) is 4.57 Å². The van der Waals surface area contributed by atoms with Crippen LogP contribution in [0, 0.1) is 6.92 Å². The Morgan fingerprint density at radius 1 is 1.38 bits per heavy atom. The maximum absolute atomic E-state index is 5.74. The molecule has 0 fully saturated rings. The largest absolute Gasteiger partial charge is 0.495 e. The molecule has 3 heteroatoms. The van der Waals surface area contributed by atoms with Gasteiger partial charge in [0, 0.05) is 24.0 Å². The van der Waals surface area contributed by atoms with Crippen LogP contribution in [0.5, 0.6) is 5.75 Å². The summed E-state index contributed by atoms with van der Waals surface area (Å²) in [5, 5.41) is 1.26. The van der Waals surface area contributed by atoms with E-state index >= 15 is 0 Å². The Balaban J connectivity index is 2.55. The third-order valence-corrected chi connectivity index (χ3v) is 3.08. The average Bonchev–Trinajstić information content (AvgIpc) is 2.64. The molecular formula is C13H16ClNO. The van der Waals surface area contributed by atoms with Crippen molar-refractivity contribution in [1.29, 1.82) is 0 Å². The molecule has 1 aromatic carbocycles. The fourth-order valence-electron chi connectivity index (χ4n) is 2.08. The van der Waals surface area contributed by atoms with Crippen molar-refractivity contribution in [3.05, 3.63) is 30.0 Å². The number of para-hydroxylation sites is 1. The molecule has 0 amide bonds. The number of halogens is 1. The lowest BCUT2D eigenvalue weighted by atomic mass is 10.2. The number of methoxy groups -OCH3 is 1. The first-order chi connectivity index (χ1) is 7.77. The number of ether oxygens (including phenoxy) is 1. The van der Waals surface area contributed by atoms with Crippen LogP contribution in [0.4, 0.5) is 0 Å². The molecule has 2 nitrogen and oxygen atoms in total. The number of aryl methyl sites for hydroxylation is 2. The molecule has 0 spiro atoms. The van der Waals surface area contributed by atoms with Crippen molar-refractivity contribution in [2.45, 2.75) is 19.9 Å². The highest BCUT2D eigenvalue weighted by atomic mass is 35.5. The van der Waals surface area contributed by atoms with Crippen molar-refractivity contribution < 1.29 is 4.74 Å². The first-order valence-corrected chi connectivity index (χ1v) is 5.99. The minimum atomic E-state index is 0.688. The van der Waals surface area contributed by atoms with Crippen LogP contribution in [0.2, 0.25) is 0 Å². The number of benzene rings is 1. The molecule has 0 saturated heterocycles. The van der Waals surface area contributed by atoms with Gasteiger partial charge in [0.1, 0.15) is 5.75 Å².